The van der Waals surface area contributed by atoms with Gasteiger partial charge in [-0.1, -0.05) is 35.3 Å². The third-order valence-electron chi connectivity index (χ3n) is 2.94. The van der Waals surface area contributed by atoms with E-state index in [2.05, 4.69) is 5.32 Å². The van der Waals surface area contributed by atoms with Crippen LogP contribution in [0.15, 0.2) is 36.4 Å². The third-order valence-corrected chi connectivity index (χ3v) is 3.53. The Hall–Kier alpha value is -1.13. The first-order valence-corrected chi connectivity index (χ1v) is 6.88. The SMILES string of the molecule is OCc1cc(CNCc2ccc(Cl)cc2Cl)ccc1F. The molecule has 5 heteroatoms. The number of halogens is 3. The van der Waals surface area contributed by atoms with Gasteiger partial charge in [0, 0.05) is 28.7 Å². The highest BCUT2D eigenvalue weighted by Gasteiger charge is 2.04. The van der Waals surface area contributed by atoms with Gasteiger partial charge in [-0.25, -0.2) is 4.39 Å². The fourth-order valence-corrected chi connectivity index (χ4v) is 2.34. The molecule has 2 N–H and O–H groups in total. The van der Waals surface area contributed by atoms with Crippen molar-refractivity contribution in [1.82, 2.24) is 5.32 Å². The summed E-state index contributed by atoms with van der Waals surface area (Å²) in [6, 6.07) is 10.0. The van der Waals surface area contributed by atoms with Crippen LogP contribution in [0, 0.1) is 5.82 Å². The number of aliphatic hydroxyl groups is 1. The lowest BCUT2D eigenvalue weighted by atomic mass is 10.1. The molecule has 0 bridgehead atoms. The highest BCUT2D eigenvalue weighted by Crippen LogP contribution is 2.20. The number of hydrogen-bond donors (Lipinski definition) is 2. The average Bonchev–Trinajstić information content (AvgIpc) is 2.43. The monoisotopic (exact) mass is 313 g/mol. The highest BCUT2D eigenvalue weighted by molar-refractivity contribution is 6.35. The maximum atomic E-state index is 13.2. The molecule has 2 nitrogen and oxygen atoms in total. The van der Waals surface area contributed by atoms with Gasteiger partial charge >= 0.3 is 0 Å². The van der Waals surface area contributed by atoms with Gasteiger partial charge in [0.15, 0.2) is 0 Å². The number of nitrogens with one attached hydrogen (secondary N) is 1. The first-order chi connectivity index (χ1) is 9.60. The molecule has 0 unspecified atom stereocenters. The Morgan fingerprint density at radius 1 is 1.00 bits per heavy atom. The van der Waals surface area contributed by atoms with Gasteiger partial charge in [-0.15, -0.1) is 0 Å². The van der Waals surface area contributed by atoms with Gasteiger partial charge in [-0.2, -0.15) is 0 Å². The zero-order valence-corrected chi connectivity index (χ0v) is 12.2. The number of benzene rings is 2. The standard InChI is InChI=1S/C15H14Cl2FNO/c16-13-3-2-11(14(17)6-13)8-19-7-10-1-4-15(18)12(5-10)9-20/h1-6,19-20H,7-9H2. The molecule has 0 spiro atoms. The van der Waals surface area contributed by atoms with Gasteiger partial charge in [0.25, 0.3) is 0 Å². The molecular weight excluding hydrogens is 300 g/mol. The second-order valence-corrected chi connectivity index (χ2v) is 5.27. The van der Waals surface area contributed by atoms with Crippen molar-refractivity contribution in [2.24, 2.45) is 0 Å². The summed E-state index contributed by atoms with van der Waals surface area (Å²) < 4.78 is 13.2. The molecule has 2 aromatic carbocycles. The molecule has 0 atom stereocenters. The lowest BCUT2D eigenvalue weighted by molar-refractivity contribution is 0.275. The van der Waals surface area contributed by atoms with Crippen molar-refractivity contribution in [2.45, 2.75) is 19.7 Å². The Labute approximate surface area is 127 Å². The summed E-state index contributed by atoms with van der Waals surface area (Å²) in [6.45, 7) is 0.844. The van der Waals surface area contributed by atoms with E-state index in [0.29, 0.717) is 28.7 Å². The molecule has 0 aliphatic carbocycles. The first-order valence-electron chi connectivity index (χ1n) is 6.13. The summed E-state index contributed by atoms with van der Waals surface area (Å²) in [5, 5.41) is 13.4. The Balaban J connectivity index is 1.96. The summed E-state index contributed by atoms with van der Waals surface area (Å²) >= 11 is 11.9. The predicted molar refractivity (Wildman–Crippen MR) is 79.3 cm³/mol. The van der Waals surface area contributed by atoms with Gasteiger partial charge in [0.2, 0.25) is 0 Å². The Morgan fingerprint density at radius 3 is 2.50 bits per heavy atom. The van der Waals surface area contributed by atoms with Gasteiger partial charge in [-0.05, 0) is 35.4 Å². The zero-order chi connectivity index (χ0) is 14.5. The molecule has 0 aromatic heterocycles. The Bertz CT molecular complexity index is 604. The molecule has 0 aliphatic heterocycles. The molecule has 0 heterocycles. The van der Waals surface area contributed by atoms with Crippen LogP contribution in [0.1, 0.15) is 16.7 Å². The summed E-state index contributed by atoms with van der Waals surface area (Å²) in [4.78, 5) is 0. The van der Waals surface area contributed by atoms with Gasteiger partial charge in [-0.3, -0.25) is 0 Å². The van der Waals surface area contributed by atoms with Crippen molar-refractivity contribution in [3.8, 4) is 0 Å². The normalized spacial score (nSPS) is 10.8. The van der Waals surface area contributed by atoms with E-state index in [9.17, 15) is 4.39 Å². The van der Waals surface area contributed by atoms with Crippen LogP contribution >= 0.6 is 23.2 Å². The maximum absolute atomic E-state index is 13.2. The molecule has 0 saturated heterocycles. The van der Waals surface area contributed by atoms with Crippen LogP contribution in [0.4, 0.5) is 4.39 Å². The fourth-order valence-electron chi connectivity index (χ4n) is 1.87. The van der Waals surface area contributed by atoms with E-state index in [-0.39, 0.29) is 6.61 Å². The van der Waals surface area contributed by atoms with Crippen LogP contribution in [0.2, 0.25) is 10.0 Å². The highest BCUT2D eigenvalue weighted by atomic mass is 35.5. The molecule has 0 fully saturated rings. The van der Waals surface area contributed by atoms with E-state index in [1.807, 2.05) is 6.07 Å². The molecule has 20 heavy (non-hydrogen) atoms. The zero-order valence-electron chi connectivity index (χ0n) is 10.7. The van der Waals surface area contributed by atoms with E-state index in [1.54, 1.807) is 24.3 Å². The molecule has 0 saturated carbocycles. The van der Waals surface area contributed by atoms with Crippen LogP contribution in [-0.4, -0.2) is 5.11 Å². The Morgan fingerprint density at radius 2 is 1.80 bits per heavy atom. The molecule has 2 rings (SSSR count). The van der Waals surface area contributed by atoms with Crippen LogP contribution in [0.3, 0.4) is 0 Å². The smallest absolute Gasteiger partial charge is 0.128 e. The quantitative estimate of drug-likeness (QED) is 0.877. The molecule has 0 aliphatic rings. The van der Waals surface area contributed by atoms with Crippen molar-refractivity contribution >= 4 is 23.2 Å². The van der Waals surface area contributed by atoms with E-state index in [0.717, 1.165) is 11.1 Å². The lowest BCUT2D eigenvalue weighted by Crippen LogP contribution is -2.13. The van der Waals surface area contributed by atoms with Crippen molar-refractivity contribution in [1.29, 1.82) is 0 Å². The number of hydrogen-bond acceptors (Lipinski definition) is 2. The van der Waals surface area contributed by atoms with Crippen LogP contribution < -0.4 is 5.32 Å². The van der Waals surface area contributed by atoms with E-state index in [1.165, 1.54) is 6.07 Å². The molecule has 2 aromatic rings. The van der Waals surface area contributed by atoms with E-state index < -0.39 is 5.82 Å². The van der Waals surface area contributed by atoms with Crippen molar-refractivity contribution in [3.05, 3.63) is 69.0 Å². The first kappa shape index (κ1) is 15.3. The second kappa shape index (κ2) is 7.04. The van der Waals surface area contributed by atoms with Gasteiger partial charge < -0.3 is 10.4 Å². The average molecular weight is 314 g/mol. The van der Waals surface area contributed by atoms with E-state index in [4.69, 9.17) is 28.3 Å². The topological polar surface area (TPSA) is 32.3 Å². The minimum absolute atomic E-state index is 0.300. The van der Waals surface area contributed by atoms with Crippen molar-refractivity contribution < 1.29 is 9.50 Å². The van der Waals surface area contributed by atoms with Crippen molar-refractivity contribution in [3.63, 3.8) is 0 Å². The minimum atomic E-state index is -0.392. The van der Waals surface area contributed by atoms with E-state index >= 15 is 0 Å². The third kappa shape index (κ3) is 3.93. The van der Waals surface area contributed by atoms with Crippen LogP contribution in [0.25, 0.3) is 0 Å². The summed E-state index contributed by atoms with van der Waals surface area (Å²) in [5.41, 5.74) is 2.15. The summed E-state index contributed by atoms with van der Waals surface area (Å²) in [7, 11) is 0. The summed E-state index contributed by atoms with van der Waals surface area (Å²) in [5.74, 6) is -0.392. The Kier molecular flexibility index (Phi) is 5.38. The molecule has 0 radical (unpaired) electrons. The number of aliphatic hydroxyl groups excluding tert-OH is 1. The summed E-state index contributed by atoms with van der Waals surface area (Å²) in [6.07, 6.45) is 0. The molecule has 106 valence electrons. The minimum Gasteiger partial charge on any atom is -0.392 e. The van der Waals surface area contributed by atoms with Crippen LogP contribution in [-0.2, 0) is 19.7 Å². The van der Waals surface area contributed by atoms with Crippen molar-refractivity contribution in [2.75, 3.05) is 0 Å². The van der Waals surface area contributed by atoms with Gasteiger partial charge in [0.05, 0.1) is 6.61 Å². The largest absolute Gasteiger partial charge is 0.392 e. The molecular formula is C15H14Cl2FNO. The maximum Gasteiger partial charge on any atom is 0.128 e. The van der Waals surface area contributed by atoms with Crippen LogP contribution in [0.5, 0.6) is 0 Å². The predicted octanol–water partition coefficient (Wildman–Crippen LogP) is 3.91. The van der Waals surface area contributed by atoms with Gasteiger partial charge in [0.1, 0.15) is 5.82 Å². The molecule has 0 amide bonds. The lowest BCUT2D eigenvalue weighted by Gasteiger charge is -2.08. The number of rotatable bonds is 5. The second-order valence-electron chi connectivity index (χ2n) is 4.42. The fraction of sp³-hybridized carbons (Fsp3) is 0.200.